The van der Waals surface area contributed by atoms with Crippen molar-refractivity contribution in [1.82, 2.24) is 4.83 Å². The van der Waals surface area contributed by atoms with Gasteiger partial charge in [0, 0.05) is 0 Å². The van der Waals surface area contributed by atoms with Crippen LogP contribution in [-0.2, 0) is 10.0 Å². The minimum atomic E-state index is -5.87. The molecule has 0 atom stereocenters. The van der Waals surface area contributed by atoms with Crippen molar-refractivity contribution in [2.24, 2.45) is 5.10 Å². The summed E-state index contributed by atoms with van der Waals surface area (Å²) in [5.41, 5.74) is -1.78. The number of alkyl halides is 6. The monoisotopic (exact) mass is 446 g/mol. The standard InChI is InChI=1S/C18H24F6N2O2S/c1-9(2)12-7-13(10(3)4)15(14(8-12)11(5)6)29(27,28)26-25-16(17(19,20)21)18(22,23)24/h7-11,26H,1-6H3. The number of benzene rings is 1. The van der Waals surface area contributed by atoms with Crippen molar-refractivity contribution in [2.75, 3.05) is 0 Å². The Balaban J connectivity index is 3.72. The van der Waals surface area contributed by atoms with E-state index in [9.17, 15) is 34.8 Å². The van der Waals surface area contributed by atoms with Crippen LogP contribution in [0.1, 0.15) is 76.0 Å². The molecule has 0 fully saturated rings. The molecule has 0 heterocycles. The summed E-state index contributed by atoms with van der Waals surface area (Å²) in [5, 5.41) is 2.20. The van der Waals surface area contributed by atoms with Crippen LogP contribution in [0.15, 0.2) is 22.1 Å². The largest absolute Gasteiger partial charge is 0.440 e. The second-order valence-corrected chi connectivity index (χ2v) is 9.14. The molecule has 0 saturated heterocycles. The first-order valence-electron chi connectivity index (χ1n) is 8.81. The highest BCUT2D eigenvalue weighted by Gasteiger charge is 2.54. The fraction of sp³-hybridized carbons (Fsp3) is 0.611. The molecule has 0 aliphatic heterocycles. The Kier molecular flexibility index (Phi) is 7.43. The SMILES string of the molecule is CC(C)c1cc(C(C)C)c(S(=O)(=O)NN=C(C(F)(F)F)C(F)(F)F)c(C(C)C)c1. The van der Waals surface area contributed by atoms with Gasteiger partial charge in [0.15, 0.2) is 0 Å². The van der Waals surface area contributed by atoms with E-state index in [1.807, 2.05) is 13.8 Å². The third-order valence-electron chi connectivity index (χ3n) is 4.16. The van der Waals surface area contributed by atoms with E-state index in [1.165, 1.54) is 0 Å². The second-order valence-electron chi connectivity index (χ2n) is 7.54. The van der Waals surface area contributed by atoms with Gasteiger partial charge in [-0.3, -0.25) is 0 Å². The maximum Gasteiger partial charge on any atom is 0.440 e. The van der Waals surface area contributed by atoms with E-state index in [2.05, 4.69) is 5.10 Å². The van der Waals surface area contributed by atoms with Gasteiger partial charge in [0.05, 0.1) is 4.90 Å². The lowest BCUT2D eigenvalue weighted by molar-refractivity contribution is -0.118. The molecule has 0 saturated carbocycles. The van der Waals surface area contributed by atoms with Crippen LogP contribution < -0.4 is 4.83 Å². The normalized spacial score (nSPS) is 13.3. The molecule has 166 valence electrons. The van der Waals surface area contributed by atoms with E-state index in [-0.39, 0.29) is 22.6 Å². The fourth-order valence-corrected chi connectivity index (χ4v) is 4.15. The summed E-state index contributed by atoms with van der Waals surface area (Å²) in [6.07, 6.45) is -11.7. The van der Waals surface area contributed by atoms with Crippen LogP contribution in [0.3, 0.4) is 0 Å². The summed E-state index contributed by atoms with van der Waals surface area (Å²) >= 11 is 0. The number of nitrogens with one attached hydrogen (secondary N) is 1. The molecule has 0 aliphatic rings. The molecule has 0 unspecified atom stereocenters. The zero-order chi connectivity index (χ0) is 22.9. The summed E-state index contributed by atoms with van der Waals surface area (Å²) in [5.74, 6) is -0.673. The molecular formula is C18H24F6N2O2S. The van der Waals surface area contributed by atoms with Gasteiger partial charge in [0.25, 0.3) is 10.0 Å². The number of hydrazone groups is 1. The van der Waals surface area contributed by atoms with Crippen molar-refractivity contribution in [3.63, 3.8) is 0 Å². The summed E-state index contributed by atoms with van der Waals surface area (Å²) in [6, 6.07) is 3.21. The number of hydrogen-bond donors (Lipinski definition) is 1. The molecule has 4 nitrogen and oxygen atoms in total. The van der Waals surface area contributed by atoms with E-state index in [1.54, 1.807) is 39.8 Å². The van der Waals surface area contributed by atoms with Crippen molar-refractivity contribution in [1.29, 1.82) is 0 Å². The molecule has 0 radical (unpaired) electrons. The average molecular weight is 446 g/mol. The molecule has 1 rings (SSSR count). The molecule has 0 aliphatic carbocycles. The number of halogens is 6. The summed E-state index contributed by atoms with van der Waals surface area (Å²) in [6.45, 7) is 10.5. The third-order valence-corrected chi connectivity index (χ3v) is 5.50. The number of rotatable bonds is 6. The van der Waals surface area contributed by atoms with Crippen molar-refractivity contribution in [2.45, 2.75) is 76.5 Å². The Morgan fingerprint density at radius 3 is 1.48 bits per heavy atom. The van der Waals surface area contributed by atoms with Gasteiger partial charge in [-0.05, 0) is 34.4 Å². The minimum Gasteiger partial charge on any atom is -0.200 e. The molecule has 29 heavy (non-hydrogen) atoms. The lowest BCUT2D eigenvalue weighted by Crippen LogP contribution is -2.39. The molecule has 1 N–H and O–H groups in total. The minimum absolute atomic E-state index is 0.0368. The quantitative estimate of drug-likeness (QED) is 0.340. The Hall–Kier alpha value is -1.78. The van der Waals surface area contributed by atoms with E-state index in [0.29, 0.717) is 11.1 Å². The highest BCUT2D eigenvalue weighted by molar-refractivity contribution is 7.89. The highest BCUT2D eigenvalue weighted by atomic mass is 32.2. The van der Waals surface area contributed by atoms with Gasteiger partial charge in [-0.15, -0.1) is 0 Å². The summed E-state index contributed by atoms with van der Waals surface area (Å²) in [4.78, 5) is 0.800. The predicted molar refractivity (Wildman–Crippen MR) is 98.6 cm³/mol. The van der Waals surface area contributed by atoms with E-state index >= 15 is 0 Å². The van der Waals surface area contributed by atoms with Gasteiger partial charge in [0.1, 0.15) is 0 Å². The Labute approximate surface area is 166 Å². The molecule has 11 heteroatoms. The van der Waals surface area contributed by atoms with Crippen molar-refractivity contribution >= 4 is 15.7 Å². The van der Waals surface area contributed by atoms with Gasteiger partial charge in [-0.25, -0.2) is 0 Å². The van der Waals surface area contributed by atoms with Crippen molar-refractivity contribution in [3.8, 4) is 0 Å². The maximum atomic E-state index is 12.8. The van der Waals surface area contributed by atoms with Crippen molar-refractivity contribution in [3.05, 3.63) is 28.8 Å². The maximum absolute atomic E-state index is 12.8. The smallest absolute Gasteiger partial charge is 0.200 e. The van der Waals surface area contributed by atoms with Crippen LogP contribution in [0.5, 0.6) is 0 Å². The van der Waals surface area contributed by atoms with Gasteiger partial charge in [0.2, 0.25) is 5.71 Å². The molecule has 0 aromatic heterocycles. The van der Waals surface area contributed by atoms with Gasteiger partial charge >= 0.3 is 12.4 Å². The van der Waals surface area contributed by atoms with Gasteiger partial charge in [-0.2, -0.15) is 44.7 Å². The zero-order valence-electron chi connectivity index (χ0n) is 16.8. The van der Waals surface area contributed by atoms with Gasteiger partial charge < -0.3 is 0 Å². The van der Waals surface area contributed by atoms with Crippen LogP contribution >= 0.6 is 0 Å². The number of nitrogens with zero attached hydrogens (tertiary/aromatic N) is 1. The molecular weight excluding hydrogens is 422 g/mol. The fourth-order valence-electron chi connectivity index (χ4n) is 2.64. The van der Waals surface area contributed by atoms with E-state index in [4.69, 9.17) is 0 Å². The molecule has 1 aromatic carbocycles. The lowest BCUT2D eigenvalue weighted by atomic mass is 9.89. The summed E-state index contributed by atoms with van der Waals surface area (Å²) < 4.78 is 102. The average Bonchev–Trinajstić information content (AvgIpc) is 2.50. The Morgan fingerprint density at radius 1 is 0.828 bits per heavy atom. The summed E-state index contributed by atoms with van der Waals surface area (Å²) in [7, 11) is -4.81. The first-order chi connectivity index (χ1) is 12.9. The lowest BCUT2D eigenvalue weighted by Gasteiger charge is -2.22. The van der Waals surface area contributed by atoms with Crippen LogP contribution in [0.2, 0.25) is 0 Å². The van der Waals surface area contributed by atoms with Crippen LogP contribution in [0.25, 0.3) is 0 Å². The van der Waals surface area contributed by atoms with E-state index in [0.717, 1.165) is 10.4 Å². The molecule has 0 spiro atoms. The van der Waals surface area contributed by atoms with E-state index < -0.39 is 28.1 Å². The van der Waals surface area contributed by atoms with Crippen molar-refractivity contribution < 1.29 is 34.8 Å². The second kappa shape index (κ2) is 8.53. The Bertz CT molecular complexity index is 824. The molecule has 0 bridgehead atoms. The first-order valence-corrected chi connectivity index (χ1v) is 10.3. The van der Waals surface area contributed by atoms with Crippen LogP contribution in [0, 0.1) is 0 Å². The molecule has 0 amide bonds. The van der Waals surface area contributed by atoms with Crippen LogP contribution in [-0.4, -0.2) is 26.5 Å². The Morgan fingerprint density at radius 2 is 1.21 bits per heavy atom. The van der Waals surface area contributed by atoms with Crippen LogP contribution in [0.4, 0.5) is 26.3 Å². The zero-order valence-corrected chi connectivity index (χ0v) is 17.6. The predicted octanol–water partition coefficient (Wildman–Crippen LogP) is 5.82. The highest BCUT2D eigenvalue weighted by Crippen LogP contribution is 2.35. The number of sulfonamides is 1. The number of hydrogen-bond acceptors (Lipinski definition) is 3. The topological polar surface area (TPSA) is 58.5 Å². The van der Waals surface area contributed by atoms with Gasteiger partial charge in [-0.1, -0.05) is 53.7 Å². The third kappa shape index (κ3) is 6.10. The molecule has 1 aromatic rings. The first kappa shape index (κ1) is 25.3.